The summed E-state index contributed by atoms with van der Waals surface area (Å²) in [4.78, 5) is 38.4. The van der Waals surface area contributed by atoms with Crippen LogP contribution in [0.1, 0.15) is 16.7 Å². The summed E-state index contributed by atoms with van der Waals surface area (Å²) < 4.78 is 1.55. The first-order chi connectivity index (χ1) is 15.0. The van der Waals surface area contributed by atoms with Crippen molar-refractivity contribution in [2.24, 2.45) is 0 Å². The number of anilines is 1. The van der Waals surface area contributed by atoms with Gasteiger partial charge in [-0.15, -0.1) is 0 Å². The van der Waals surface area contributed by atoms with Gasteiger partial charge in [0.25, 0.3) is 5.56 Å². The van der Waals surface area contributed by atoms with E-state index in [1.165, 1.54) is 24.2 Å². The third kappa shape index (κ3) is 4.97. The summed E-state index contributed by atoms with van der Waals surface area (Å²) in [6.45, 7) is 4.31. The fraction of sp³-hybridized carbons (Fsp3) is 0.174. The maximum absolute atomic E-state index is 13.1. The Morgan fingerprint density at radius 3 is 2.58 bits per heavy atom. The Bertz CT molecular complexity index is 1300. The van der Waals surface area contributed by atoms with E-state index in [4.69, 9.17) is 0 Å². The van der Waals surface area contributed by atoms with Crippen molar-refractivity contribution in [1.82, 2.24) is 19.5 Å². The van der Waals surface area contributed by atoms with Crippen molar-refractivity contribution in [3.05, 3.63) is 88.0 Å². The average Bonchev–Trinajstić information content (AvgIpc) is 2.76. The van der Waals surface area contributed by atoms with Gasteiger partial charge in [-0.25, -0.2) is 15.0 Å². The number of hydrogen-bond donors (Lipinski definition) is 1. The zero-order valence-corrected chi connectivity index (χ0v) is 18.0. The van der Waals surface area contributed by atoms with Crippen molar-refractivity contribution in [3.63, 3.8) is 0 Å². The third-order valence-electron chi connectivity index (χ3n) is 4.65. The Hall–Kier alpha value is -3.52. The van der Waals surface area contributed by atoms with Crippen molar-refractivity contribution >= 4 is 34.5 Å². The molecule has 8 heteroatoms. The molecule has 2 heterocycles. The molecular weight excluding hydrogens is 410 g/mol. The summed E-state index contributed by atoms with van der Waals surface area (Å²) >= 11 is 1.20. The van der Waals surface area contributed by atoms with Crippen LogP contribution < -0.4 is 10.9 Å². The van der Waals surface area contributed by atoms with Crippen LogP contribution in [0.2, 0.25) is 0 Å². The molecule has 0 aliphatic heterocycles. The van der Waals surface area contributed by atoms with Gasteiger partial charge in [-0.05, 0) is 37.1 Å². The lowest BCUT2D eigenvalue weighted by atomic mass is 10.1. The molecule has 0 unspecified atom stereocenters. The molecule has 0 fully saturated rings. The van der Waals surface area contributed by atoms with Crippen LogP contribution in [0.25, 0.3) is 11.2 Å². The molecule has 156 valence electrons. The van der Waals surface area contributed by atoms with E-state index >= 15 is 0 Å². The molecule has 0 aliphatic rings. The molecule has 0 aliphatic carbocycles. The maximum atomic E-state index is 13.1. The second-order valence-corrected chi connectivity index (χ2v) is 8.15. The van der Waals surface area contributed by atoms with Gasteiger partial charge in [0.1, 0.15) is 0 Å². The summed E-state index contributed by atoms with van der Waals surface area (Å²) in [6, 6.07) is 15.5. The molecule has 1 N–H and O–H groups in total. The lowest BCUT2D eigenvalue weighted by Gasteiger charge is -2.13. The van der Waals surface area contributed by atoms with Gasteiger partial charge in [0.2, 0.25) is 5.91 Å². The minimum atomic E-state index is -0.278. The Morgan fingerprint density at radius 2 is 1.81 bits per heavy atom. The van der Waals surface area contributed by atoms with Crippen LogP contribution in [0.15, 0.2) is 70.9 Å². The highest BCUT2D eigenvalue weighted by Crippen LogP contribution is 2.19. The number of amides is 1. The standard InChI is InChI=1S/C23H21N5O2S/c1-15-6-8-17(9-7-15)13-28-22(30)20-21(25-11-10-24-20)27-23(28)31-14-19(29)26-18-5-3-4-16(2)12-18/h3-12H,13-14H2,1-2H3,(H,26,29). The first-order valence-corrected chi connectivity index (χ1v) is 10.7. The Kier molecular flexibility index (Phi) is 6.08. The summed E-state index contributed by atoms with van der Waals surface area (Å²) in [6.07, 6.45) is 2.97. The van der Waals surface area contributed by atoms with Gasteiger partial charge >= 0.3 is 0 Å². The topological polar surface area (TPSA) is 89.8 Å². The molecule has 0 spiro atoms. The minimum Gasteiger partial charge on any atom is -0.325 e. The SMILES string of the molecule is Cc1ccc(Cn2c(SCC(=O)Nc3cccc(C)c3)nc3nccnc3c2=O)cc1. The van der Waals surface area contributed by atoms with Gasteiger partial charge in [0.15, 0.2) is 16.3 Å². The second-order valence-electron chi connectivity index (χ2n) is 7.21. The number of nitrogens with zero attached hydrogens (tertiary/aromatic N) is 4. The average molecular weight is 432 g/mol. The fourth-order valence-electron chi connectivity index (χ4n) is 3.10. The largest absolute Gasteiger partial charge is 0.325 e. The number of hydrogen-bond acceptors (Lipinski definition) is 6. The van der Waals surface area contributed by atoms with Crippen LogP contribution >= 0.6 is 11.8 Å². The normalized spacial score (nSPS) is 10.9. The van der Waals surface area contributed by atoms with Crippen LogP contribution in [0.3, 0.4) is 0 Å². The van der Waals surface area contributed by atoms with Gasteiger partial charge in [-0.1, -0.05) is 53.7 Å². The van der Waals surface area contributed by atoms with Crippen LogP contribution in [0.4, 0.5) is 5.69 Å². The number of benzene rings is 2. The fourth-order valence-corrected chi connectivity index (χ4v) is 3.89. The van der Waals surface area contributed by atoms with Crippen LogP contribution in [0.5, 0.6) is 0 Å². The number of carbonyl (C=O) groups is 1. The van der Waals surface area contributed by atoms with Gasteiger partial charge in [-0.2, -0.15) is 0 Å². The minimum absolute atomic E-state index is 0.111. The predicted octanol–water partition coefficient (Wildman–Crippen LogP) is 3.58. The molecule has 2 aromatic heterocycles. The zero-order valence-electron chi connectivity index (χ0n) is 17.2. The third-order valence-corrected chi connectivity index (χ3v) is 5.63. The molecule has 0 saturated heterocycles. The van der Waals surface area contributed by atoms with E-state index in [-0.39, 0.29) is 28.4 Å². The smallest absolute Gasteiger partial charge is 0.282 e. The van der Waals surface area contributed by atoms with Crippen LogP contribution in [0, 0.1) is 13.8 Å². The van der Waals surface area contributed by atoms with Crippen molar-refractivity contribution in [2.45, 2.75) is 25.5 Å². The van der Waals surface area contributed by atoms with Gasteiger partial charge in [0.05, 0.1) is 12.3 Å². The lowest BCUT2D eigenvalue weighted by Crippen LogP contribution is -2.25. The van der Waals surface area contributed by atoms with E-state index in [9.17, 15) is 9.59 Å². The Balaban J connectivity index is 1.61. The van der Waals surface area contributed by atoms with E-state index in [0.29, 0.717) is 11.7 Å². The molecule has 4 aromatic rings. The number of thioether (sulfide) groups is 1. The Morgan fingerprint density at radius 1 is 1.03 bits per heavy atom. The van der Waals surface area contributed by atoms with Gasteiger partial charge < -0.3 is 5.32 Å². The molecule has 0 radical (unpaired) electrons. The molecule has 2 aromatic carbocycles. The number of aryl methyl sites for hydroxylation is 2. The van der Waals surface area contributed by atoms with E-state index in [2.05, 4.69) is 20.3 Å². The number of rotatable bonds is 6. The van der Waals surface area contributed by atoms with E-state index in [1.807, 2.05) is 62.4 Å². The van der Waals surface area contributed by atoms with E-state index in [1.54, 1.807) is 4.57 Å². The number of fused-ring (bicyclic) bond motifs is 1. The molecule has 7 nitrogen and oxygen atoms in total. The van der Waals surface area contributed by atoms with E-state index in [0.717, 1.165) is 22.4 Å². The highest BCUT2D eigenvalue weighted by molar-refractivity contribution is 7.99. The highest BCUT2D eigenvalue weighted by atomic mass is 32.2. The summed E-state index contributed by atoms with van der Waals surface area (Å²) in [5.41, 5.74) is 4.11. The molecule has 0 atom stereocenters. The molecule has 0 saturated carbocycles. The van der Waals surface area contributed by atoms with Crippen LogP contribution in [-0.2, 0) is 11.3 Å². The molecule has 31 heavy (non-hydrogen) atoms. The zero-order chi connectivity index (χ0) is 21.8. The van der Waals surface area contributed by atoms with Crippen molar-refractivity contribution in [3.8, 4) is 0 Å². The second kappa shape index (κ2) is 9.09. The van der Waals surface area contributed by atoms with E-state index < -0.39 is 0 Å². The van der Waals surface area contributed by atoms with Crippen molar-refractivity contribution < 1.29 is 4.79 Å². The summed E-state index contributed by atoms with van der Waals surface area (Å²) in [7, 11) is 0. The van der Waals surface area contributed by atoms with Gasteiger partial charge in [0, 0.05) is 18.1 Å². The summed E-state index contributed by atoms with van der Waals surface area (Å²) in [5.74, 6) is -0.0639. The lowest BCUT2D eigenvalue weighted by molar-refractivity contribution is -0.113. The first-order valence-electron chi connectivity index (χ1n) is 9.76. The number of aromatic nitrogens is 4. The number of nitrogens with one attached hydrogen (secondary N) is 1. The van der Waals surface area contributed by atoms with Crippen molar-refractivity contribution in [1.29, 1.82) is 0 Å². The molecule has 1 amide bonds. The quantitative estimate of drug-likeness (QED) is 0.371. The maximum Gasteiger partial charge on any atom is 0.282 e. The molecule has 4 rings (SSSR count). The van der Waals surface area contributed by atoms with Gasteiger partial charge in [-0.3, -0.25) is 14.2 Å². The molecule has 0 bridgehead atoms. The summed E-state index contributed by atoms with van der Waals surface area (Å²) in [5, 5.41) is 3.31. The number of carbonyl (C=O) groups excluding carboxylic acids is 1. The Labute approximate surface area is 183 Å². The first kappa shape index (κ1) is 20.7. The monoisotopic (exact) mass is 431 g/mol. The molecular formula is C23H21N5O2S. The highest BCUT2D eigenvalue weighted by Gasteiger charge is 2.15. The van der Waals surface area contributed by atoms with Crippen LogP contribution in [-0.4, -0.2) is 31.2 Å². The predicted molar refractivity (Wildman–Crippen MR) is 122 cm³/mol. The van der Waals surface area contributed by atoms with Crippen molar-refractivity contribution in [2.75, 3.05) is 11.1 Å².